The molecule has 268 valence electrons. The SMILES string of the molecule is CCCCCCCCCCCCCCCOCC(COC1OC(CO)C(O)C(O)C1O)OC(=O)CCCCCCCCCCC. The summed E-state index contributed by atoms with van der Waals surface area (Å²) in [6, 6.07) is 0. The van der Waals surface area contributed by atoms with Gasteiger partial charge in [0.25, 0.3) is 0 Å². The second-order valence-corrected chi connectivity index (χ2v) is 13.0. The monoisotopic (exact) mass is 647 g/mol. The summed E-state index contributed by atoms with van der Waals surface area (Å²) >= 11 is 0. The fourth-order valence-corrected chi connectivity index (χ4v) is 5.78. The van der Waals surface area contributed by atoms with Crippen molar-refractivity contribution in [2.45, 2.75) is 198 Å². The molecule has 0 aromatic rings. The topological polar surface area (TPSA) is 135 Å². The van der Waals surface area contributed by atoms with Crippen LogP contribution < -0.4 is 0 Å². The molecule has 1 aliphatic heterocycles. The molecule has 9 nitrogen and oxygen atoms in total. The Morgan fingerprint density at radius 1 is 0.622 bits per heavy atom. The Bertz CT molecular complexity index is 662. The van der Waals surface area contributed by atoms with Crippen LogP contribution >= 0.6 is 0 Å². The van der Waals surface area contributed by atoms with Crippen LogP contribution in [-0.2, 0) is 23.7 Å². The van der Waals surface area contributed by atoms with Gasteiger partial charge in [-0.3, -0.25) is 4.79 Å². The third-order valence-corrected chi connectivity index (χ3v) is 8.77. The Morgan fingerprint density at radius 3 is 1.58 bits per heavy atom. The highest BCUT2D eigenvalue weighted by Gasteiger charge is 2.44. The molecule has 1 rings (SSSR count). The third-order valence-electron chi connectivity index (χ3n) is 8.77. The molecule has 4 N–H and O–H groups in total. The number of unbranched alkanes of at least 4 members (excludes halogenated alkanes) is 20. The molecule has 0 aromatic carbocycles. The van der Waals surface area contributed by atoms with E-state index in [1.807, 2.05) is 0 Å². The predicted octanol–water partition coefficient (Wildman–Crippen LogP) is 6.74. The molecule has 1 fully saturated rings. The Hall–Kier alpha value is -0.810. The van der Waals surface area contributed by atoms with E-state index in [0.717, 1.165) is 32.1 Å². The molecule has 0 bridgehead atoms. The van der Waals surface area contributed by atoms with Gasteiger partial charge in [-0.1, -0.05) is 142 Å². The average molecular weight is 647 g/mol. The Morgan fingerprint density at radius 2 is 1.09 bits per heavy atom. The summed E-state index contributed by atoms with van der Waals surface area (Å²) in [4.78, 5) is 12.6. The Kier molecular flexibility index (Phi) is 27.5. The molecule has 1 saturated heterocycles. The van der Waals surface area contributed by atoms with E-state index in [1.54, 1.807) is 0 Å². The summed E-state index contributed by atoms with van der Waals surface area (Å²) in [5, 5.41) is 39.8. The van der Waals surface area contributed by atoms with Crippen LogP contribution in [0.5, 0.6) is 0 Å². The largest absolute Gasteiger partial charge is 0.457 e. The van der Waals surface area contributed by atoms with Gasteiger partial charge in [-0.2, -0.15) is 0 Å². The van der Waals surface area contributed by atoms with Gasteiger partial charge >= 0.3 is 5.97 Å². The molecule has 0 aliphatic carbocycles. The quantitative estimate of drug-likeness (QED) is 0.0477. The first kappa shape index (κ1) is 42.2. The second-order valence-electron chi connectivity index (χ2n) is 13.0. The fourth-order valence-electron chi connectivity index (χ4n) is 5.78. The minimum Gasteiger partial charge on any atom is -0.457 e. The molecule has 0 radical (unpaired) electrons. The normalized spacial score (nSPS) is 22.5. The zero-order valence-electron chi connectivity index (χ0n) is 28.9. The highest BCUT2D eigenvalue weighted by atomic mass is 16.7. The van der Waals surface area contributed by atoms with Gasteiger partial charge in [0.15, 0.2) is 6.29 Å². The summed E-state index contributed by atoms with van der Waals surface area (Å²) < 4.78 is 22.6. The lowest BCUT2D eigenvalue weighted by Crippen LogP contribution is -2.59. The first-order valence-corrected chi connectivity index (χ1v) is 18.6. The summed E-state index contributed by atoms with van der Waals surface area (Å²) in [6.07, 6.45) is 19.9. The molecule has 0 spiro atoms. The minimum absolute atomic E-state index is 0.106. The summed E-state index contributed by atoms with van der Waals surface area (Å²) in [5.74, 6) is -0.315. The number of hydrogen-bond acceptors (Lipinski definition) is 9. The van der Waals surface area contributed by atoms with Crippen molar-refractivity contribution in [1.29, 1.82) is 0 Å². The maximum Gasteiger partial charge on any atom is 0.306 e. The maximum atomic E-state index is 12.6. The lowest BCUT2D eigenvalue weighted by atomic mass is 9.99. The first-order valence-electron chi connectivity index (χ1n) is 18.6. The van der Waals surface area contributed by atoms with Crippen LogP contribution in [0.3, 0.4) is 0 Å². The van der Waals surface area contributed by atoms with E-state index in [9.17, 15) is 25.2 Å². The number of esters is 1. The van der Waals surface area contributed by atoms with Crippen molar-refractivity contribution >= 4 is 5.97 Å². The van der Waals surface area contributed by atoms with Crippen molar-refractivity contribution in [3.63, 3.8) is 0 Å². The van der Waals surface area contributed by atoms with E-state index >= 15 is 0 Å². The molecule has 9 heteroatoms. The van der Waals surface area contributed by atoms with Gasteiger partial charge < -0.3 is 39.4 Å². The third kappa shape index (κ3) is 21.6. The van der Waals surface area contributed by atoms with E-state index in [4.69, 9.17) is 18.9 Å². The zero-order valence-corrected chi connectivity index (χ0v) is 28.9. The molecular weight excluding hydrogens is 576 g/mol. The molecule has 1 heterocycles. The van der Waals surface area contributed by atoms with Crippen LogP contribution in [0.2, 0.25) is 0 Å². The van der Waals surface area contributed by atoms with Crippen LogP contribution in [0.4, 0.5) is 0 Å². The van der Waals surface area contributed by atoms with Crippen molar-refractivity contribution in [1.82, 2.24) is 0 Å². The Balaban J connectivity index is 2.32. The van der Waals surface area contributed by atoms with Gasteiger partial charge in [-0.25, -0.2) is 0 Å². The van der Waals surface area contributed by atoms with Crippen molar-refractivity contribution in [3.05, 3.63) is 0 Å². The number of carbonyl (C=O) groups is 1. The van der Waals surface area contributed by atoms with E-state index in [1.165, 1.54) is 109 Å². The molecule has 0 aromatic heterocycles. The standard InChI is InChI=1S/C36H70O9/c1-3-5-7-9-11-13-14-15-16-18-20-22-24-26-42-28-30(29-43-36-35(41)34(40)33(39)31(27-37)45-36)44-32(38)25-23-21-19-17-12-10-8-6-4-2/h30-31,33-37,39-41H,3-29H2,1-2H3. The molecule has 6 unspecified atom stereocenters. The Labute approximate surface area is 274 Å². The van der Waals surface area contributed by atoms with Crippen molar-refractivity contribution in [2.24, 2.45) is 0 Å². The number of aliphatic hydroxyl groups excluding tert-OH is 4. The number of carbonyl (C=O) groups excluding carboxylic acids is 1. The van der Waals surface area contributed by atoms with E-state index in [-0.39, 0.29) is 19.2 Å². The zero-order chi connectivity index (χ0) is 33.0. The van der Waals surface area contributed by atoms with E-state index in [0.29, 0.717) is 13.0 Å². The van der Waals surface area contributed by atoms with Crippen molar-refractivity contribution < 1.29 is 44.2 Å². The number of aliphatic hydroxyl groups is 4. The average Bonchev–Trinajstić information content (AvgIpc) is 3.04. The molecule has 0 saturated carbocycles. The maximum absolute atomic E-state index is 12.6. The second kappa shape index (κ2) is 29.3. The number of rotatable bonds is 31. The van der Waals surface area contributed by atoms with Gasteiger partial charge in [0.1, 0.15) is 30.5 Å². The minimum atomic E-state index is -1.53. The molecule has 45 heavy (non-hydrogen) atoms. The number of ether oxygens (including phenoxy) is 4. The van der Waals surface area contributed by atoms with Crippen molar-refractivity contribution in [3.8, 4) is 0 Å². The number of hydrogen-bond donors (Lipinski definition) is 4. The smallest absolute Gasteiger partial charge is 0.306 e. The fraction of sp³-hybridized carbons (Fsp3) is 0.972. The summed E-state index contributed by atoms with van der Waals surface area (Å²) in [6.45, 7) is 4.54. The van der Waals surface area contributed by atoms with E-state index in [2.05, 4.69) is 13.8 Å². The molecule has 0 amide bonds. The molecular formula is C36H70O9. The van der Waals surface area contributed by atoms with Gasteiger partial charge in [0, 0.05) is 13.0 Å². The van der Waals surface area contributed by atoms with Crippen LogP contribution in [0.1, 0.15) is 162 Å². The lowest BCUT2D eigenvalue weighted by Gasteiger charge is -2.39. The highest BCUT2D eigenvalue weighted by molar-refractivity contribution is 5.69. The van der Waals surface area contributed by atoms with Gasteiger partial charge in [0.05, 0.1) is 19.8 Å². The van der Waals surface area contributed by atoms with Gasteiger partial charge in [-0.05, 0) is 12.8 Å². The first-order chi connectivity index (χ1) is 21.9. The van der Waals surface area contributed by atoms with Crippen molar-refractivity contribution in [2.75, 3.05) is 26.4 Å². The van der Waals surface area contributed by atoms with Crippen LogP contribution in [0.25, 0.3) is 0 Å². The lowest BCUT2D eigenvalue weighted by molar-refractivity contribution is -0.305. The van der Waals surface area contributed by atoms with Gasteiger partial charge in [-0.15, -0.1) is 0 Å². The molecule has 1 aliphatic rings. The predicted molar refractivity (Wildman–Crippen MR) is 178 cm³/mol. The molecule has 6 atom stereocenters. The summed E-state index contributed by atoms with van der Waals surface area (Å²) in [5.41, 5.74) is 0. The highest BCUT2D eigenvalue weighted by Crippen LogP contribution is 2.22. The van der Waals surface area contributed by atoms with E-state index < -0.39 is 43.4 Å². The van der Waals surface area contributed by atoms with Crippen LogP contribution in [-0.4, -0.2) is 89.6 Å². The summed E-state index contributed by atoms with van der Waals surface area (Å²) in [7, 11) is 0. The van der Waals surface area contributed by atoms with Crippen LogP contribution in [0.15, 0.2) is 0 Å². The van der Waals surface area contributed by atoms with Crippen LogP contribution in [0, 0.1) is 0 Å². The van der Waals surface area contributed by atoms with Gasteiger partial charge in [0.2, 0.25) is 0 Å².